The van der Waals surface area contributed by atoms with Gasteiger partial charge in [-0.2, -0.15) is 9.41 Å². The Labute approximate surface area is 139 Å². The molecular weight excluding hydrogens is 334 g/mol. The number of thiophene rings is 1. The average Bonchev–Trinajstić information content (AvgIpc) is 3.01. The third-order valence-corrected chi connectivity index (χ3v) is 5.64. The monoisotopic (exact) mass is 351 g/mol. The van der Waals surface area contributed by atoms with Crippen molar-refractivity contribution < 1.29 is 13.2 Å². The zero-order valence-corrected chi connectivity index (χ0v) is 14.4. The van der Waals surface area contributed by atoms with Crippen LogP contribution < -0.4 is 5.43 Å². The Balaban J connectivity index is 1.96. The lowest BCUT2D eigenvalue weighted by Crippen LogP contribution is -2.36. The largest absolute Gasteiger partial charge is 0.272 e. The molecule has 1 heterocycles. The number of benzene rings is 1. The Morgan fingerprint density at radius 3 is 2.61 bits per heavy atom. The first-order valence-electron chi connectivity index (χ1n) is 6.78. The van der Waals surface area contributed by atoms with Crippen molar-refractivity contribution in [3.05, 3.63) is 52.2 Å². The predicted molar refractivity (Wildman–Crippen MR) is 91.1 cm³/mol. The van der Waals surface area contributed by atoms with Gasteiger partial charge in [-0.1, -0.05) is 23.8 Å². The standard InChI is InChI=1S/C15H17N3O3S2/c1-12-5-7-14(8-6-12)23(20,21)18(2)11-15(19)17-16-10-13-4-3-9-22-13/h3-10H,11H2,1-2H3,(H,17,19)/b16-10+. The number of carbonyl (C=O) groups is 1. The van der Waals surface area contributed by atoms with Gasteiger partial charge in [-0.05, 0) is 30.5 Å². The van der Waals surface area contributed by atoms with E-state index in [0.717, 1.165) is 14.7 Å². The highest BCUT2D eigenvalue weighted by molar-refractivity contribution is 7.89. The van der Waals surface area contributed by atoms with Gasteiger partial charge in [0, 0.05) is 11.9 Å². The number of hydrogen-bond donors (Lipinski definition) is 1. The molecule has 2 aromatic rings. The van der Waals surface area contributed by atoms with Gasteiger partial charge < -0.3 is 0 Å². The summed E-state index contributed by atoms with van der Waals surface area (Å²) in [7, 11) is -2.34. The van der Waals surface area contributed by atoms with E-state index in [1.165, 1.54) is 36.7 Å². The van der Waals surface area contributed by atoms with Crippen molar-refractivity contribution in [2.24, 2.45) is 5.10 Å². The summed E-state index contributed by atoms with van der Waals surface area (Å²) in [6.45, 7) is 1.57. The van der Waals surface area contributed by atoms with E-state index >= 15 is 0 Å². The number of aryl methyl sites for hydroxylation is 1. The van der Waals surface area contributed by atoms with Crippen molar-refractivity contribution in [2.45, 2.75) is 11.8 Å². The molecule has 0 aliphatic carbocycles. The predicted octanol–water partition coefficient (Wildman–Crippen LogP) is 1.83. The van der Waals surface area contributed by atoms with Crippen molar-refractivity contribution in [3.63, 3.8) is 0 Å². The van der Waals surface area contributed by atoms with E-state index in [1.54, 1.807) is 12.1 Å². The van der Waals surface area contributed by atoms with Crippen LogP contribution in [0.4, 0.5) is 0 Å². The number of likely N-dealkylation sites (N-methyl/N-ethyl adjacent to an activating group) is 1. The lowest BCUT2D eigenvalue weighted by molar-refractivity contribution is -0.121. The Hall–Kier alpha value is -2.03. The first kappa shape index (κ1) is 17.3. The van der Waals surface area contributed by atoms with Crippen LogP contribution in [0, 0.1) is 6.92 Å². The van der Waals surface area contributed by atoms with Gasteiger partial charge in [-0.3, -0.25) is 4.79 Å². The second-order valence-corrected chi connectivity index (χ2v) is 7.91. The van der Waals surface area contributed by atoms with Gasteiger partial charge in [0.15, 0.2) is 0 Å². The molecule has 0 bridgehead atoms. The maximum absolute atomic E-state index is 12.3. The quantitative estimate of drug-likeness (QED) is 0.637. The zero-order valence-electron chi connectivity index (χ0n) is 12.8. The molecule has 122 valence electrons. The molecule has 0 fully saturated rings. The summed E-state index contributed by atoms with van der Waals surface area (Å²) >= 11 is 1.48. The summed E-state index contributed by atoms with van der Waals surface area (Å²) in [4.78, 5) is 12.8. The van der Waals surface area contributed by atoms with E-state index in [1.807, 2.05) is 24.4 Å². The highest BCUT2D eigenvalue weighted by atomic mass is 32.2. The smallest absolute Gasteiger partial charge is 0.255 e. The average molecular weight is 351 g/mol. The van der Waals surface area contributed by atoms with Crippen LogP contribution in [-0.4, -0.2) is 38.4 Å². The molecule has 0 spiro atoms. The van der Waals surface area contributed by atoms with E-state index in [0.29, 0.717) is 0 Å². The zero-order chi connectivity index (χ0) is 16.9. The van der Waals surface area contributed by atoms with Crippen LogP contribution in [-0.2, 0) is 14.8 Å². The van der Waals surface area contributed by atoms with Crippen LogP contribution in [0.3, 0.4) is 0 Å². The molecule has 1 aromatic heterocycles. The van der Waals surface area contributed by atoms with E-state index in [4.69, 9.17) is 0 Å². The van der Waals surface area contributed by atoms with Crippen LogP contribution in [0.2, 0.25) is 0 Å². The van der Waals surface area contributed by atoms with Crippen LogP contribution in [0.15, 0.2) is 51.8 Å². The van der Waals surface area contributed by atoms with Gasteiger partial charge in [0.2, 0.25) is 10.0 Å². The van der Waals surface area contributed by atoms with E-state index in [9.17, 15) is 13.2 Å². The summed E-state index contributed by atoms with van der Waals surface area (Å²) in [5.41, 5.74) is 3.28. The fraction of sp³-hybridized carbons (Fsp3) is 0.200. The maximum Gasteiger partial charge on any atom is 0.255 e. The lowest BCUT2D eigenvalue weighted by Gasteiger charge is -2.16. The summed E-state index contributed by atoms with van der Waals surface area (Å²) in [5, 5.41) is 5.69. The minimum atomic E-state index is -3.70. The minimum absolute atomic E-state index is 0.153. The molecule has 23 heavy (non-hydrogen) atoms. The van der Waals surface area contributed by atoms with Gasteiger partial charge in [-0.15, -0.1) is 11.3 Å². The summed E-state index contributed by atoms with van der Waals surface area (Å²) < 4.78 is 25.7. The van der Waals surface area contributed by atoms with Crippen molar-refractivity contribution in [1.29, 1.82) is 0 Å². The van der Waals surface area contributed by atoms with E-state index in [-0.39, 0.29) is 11.4 Å². The Morgan fingerprint density at radius 2 is 2.00 bits per heavy atom. The normalized spacial score (nSPS) is 12.0. The molecule has 1 aromatic carbocycles. The van der Waals surface area contributed by atoms with E-state index in [2.05, 4.69) is 10.5 Å². The van der Waals surface area contributed by atoms with Crippen molar-refractivity contribution in [3.8, 4) is 0 Å². The summed E-state index contributed by atoms with van der Waals surface area (Å²) in [6, 6.07) is 10.2. The summed E-state index contributed by atoms with van der Waals surface area (Å²) in [6.07, 6.45) is 1.51. The van der Waals surface area contributed by atoms with Crippen LogP contribution in [0.5, 0.6) is 0 Å². The number of sulfonamides is 1. The first-order chi connectivity index (χ1) is 10.9. The third kappa shape index (κ3) is 4.72. The number of nitrogens with one attached hydrogen (secondary N) is 1. The molecule has 0 saturated carbocycles. The molecule has 6 nitrogen and oxygen atoms in total. The van der Waals surface area contributed by atoms with Gasteiger partial charge in [0.25, 0.3) is 5.91 Å². The number of rotatable bonds is 6. The number of nitrogens with zero attached hydrogens (tertiary/aromatic N) is 2. The molecule has 2 rings (SSSR count). The van der Waals surface area contributed by atoms with Crippen LogP contribution >= 0.6 is 11.3 Å². The second kappa shape index (κ2) is 7.49. The highest BCUT2D eigenvalue weighted by Gasteiger charge is 2.22. The molecule has 1 N–H and O–H groups in total. The fourth-order valence-corrected chi connectivity index (χ4v) is 3.46. The first-order valence-corrected chi connectivity index (χ1v) is 9.10. The molecule has 1 amide bonds. The topological polar surface area (TPSA) is 78.8 Å². The Kier molecular flexibility index (Phi) is 5.64. The molecule has 0 aliphatic heterocycles. The number of amides is 1. The van der Waals surface area contributed by atoms with Crippen LogP contribution in [0.1, 0.15) is 10.4 Å². The van der Waals surface area contributed by atoms with Gasteiger partial charge >= 0.3 is 0 Å². The Bertz CT molecular complexity index is 782. The van der Waals surface area contributed by atoms with Crippen molar-refractivity contribution in [1.82, 2.24) is 9.73 Å². The maximum atomic E-state index is 12.3. The fourth-order valence-electron chi connectivity index (χ4n) is 1.75. The van der Waals surface area contributed by atoms with Crippen LogP contribution in [0.25, 0.3) is 0 Å². The van der Waals surface area contributed by atoms with Gasteiger partial charge in [0.05, 0.1) is 17.7 Å². The number of hydrazone groups is 1. The molecule has 0 aliphatic rings. The van der Waals surface area contributed by atoms with Gasteiger partial charge in [-0.25, -0.2) is 13.8 Å². The van der Waals surface area contributed by atoms with Crippen molar-refractivity contribution >= 4 is 33.5 Å². The third-order valence-electron chi connectivity index (χ3n) is 3.02. The molecule has 0 saturated heterocycles. The van der Waals surface area contributed by atoms with Crippen molar-refractivity contribution in [2.75, 3.05) is 13.6 Å². The molecule has 0 radical (unpaired) electrons. The summed E-state index contributed by atoms with van der Waals surface area (Å²) in [5.74, 6) is -0.504. The SMILES string of the molecule is Cc1ccc(S(=O)(=O)N(C)CC(=O)N/N=C/c2cccs2)cc1. The van der Waals surface area contributed by atoms with Gasteiger partial charge in [0.1, 0.15) is 0 Å². The number of carbonyl (C=O) groups excluding carboxylic acids is 1. The highest BCUT2D eigenvalue weighted by Crippen LogP contribution is 2.14. The second-order valence-electron chi connectivity index (χ2n) is 4.88. The lowest BCUT2D eigenvalue weighted by atomic mass is 10.2. The molecule has 0 atom stereocenters. The molecular formula is C15H17N3O3S2. The molecule has 8 heteroatoms. The number of hydrogen-bond acceptors (Lipinski definition) is 5. The van der Waals surface area contributed by atoms with E-state index < -0.39 is 15.9 Å². The Morgan fingerprint density at radius 1 is 1.30 bits per heavy atom. The molecule has 0 unspecified atom stereocenters. The minimum Gasteiger partial charge on any atom is -0.272 e.